The van der Waals surface area contributed by atoms with Crippen molar-refractivity contribution in [3.8, 4) is 34.0 Å². The summed E-state index contributed by atoms with van der Waals surface area (Å²) in [6.45, 7) is 0. The Kier molecular flexibility index (Phi) is 8.10. The predicted octanol–water partition coefficient (Wildman–Crippen LogP) is 10.5. The van der Waals surface area contributed by atoms with E-state index in [0.29, 0.717) is 32.9 Å². The van der Waals surface area contributed by atoms with Crippen molar-refractivity contribution >= 4 is 66.3 Å². The number of hydrogen-bond acceptors (Lipinski definition) is 7. The first-order valence-corrected chi connectivity index (χ1v) is 17.2. The number of carbonyl (C=O) groups is 2. The van der Waals surface area contributed by atoms with Gasteiger partial charge in [0.1, 0.15) is 11.5 Å². The van der Waals surface area contributed by atoms with Crippen molar-refractivity contribution in [3.05, 3.63) is 155 Å². The topological polar surface area (TPSA) is 93.2 Å². The maximum absolute atomic E-state index is 13.0. The van der Waals surface area contributed by atoms with Crippen LogP contribution in [0.1, 0.15) is 20.7 Å². The highest BCUT2D eigenvalue weighted by molar-refractivity contribution is 7.14. The fourth-order valence-corrected chi connectivity index (χ4v) is 7.04. The lowest BCUT2D eigenvalue weighted by atomic mass is 10.0. The largest absolute Gasteiger partial charge is 0.457 e. The van der Waals surface area contributed by atoms with Crippen LogP contribution in [0.15, 0.2) is 144 Å². The zero-order valence-corrected chi connectivity index (χ0v) is 27.4. The van der Waals surface area contributed by atoms with Gasteiger partial charge in [0.05, 0.1) is 11.4 Å². The highest BCUT2D eigenvalue weighted by Crippen LogP contribution is 2.33. The zero-order chi connectivity index (χ0) is 33.2. The van der Waals surface area contributed by atoms with Gasteiger partial charge in [-0.2, -0.15) is 0 Å². The van der Waals surface area contributed by atoms with Gasteiger partial charge in [-0.1, -0.05) is 84.9 Å². The number of benzene rings is 6. The van der Waals surface area contributed by atoms with Crippen molar-refractivity contribution in [3.63, 3.8) is 0 Å². The minimum atomic E-state index is -0.259. The van der Waals surface area contributed by atoms with Gasteiger partial charge in [-0.15, -0.1) is 22.7 Å². The second-order valence-corrected chi connectivity index (χ2v) is 12.9. The van der Waals surface area contributed by atoms with Crippen molar-refractivity contribution in [1.29, 1.82) is 0 Å². The van der Waals surface area contributed by atoms with Crippen LogP contribution in [0.3, 0.4) is 0 Å². The van der Waals surface area contributed by atoms with Crippen LogP contribution in [0, 0.1) is 0 Å². The Morgan fingerprint density at radius 1 is 0.490 bits per heavy atom. The summed E-state index contributed by atoms with van der Waals surface area (Å²) < 4.78 is 5.98. The molecular formula is C40H26N4O3S2. The molecule has 2 heterocycles. The van der Waals surface area contributed by atoms with E-state index in [1.807, 2.05) is 59.3 Å². The summed E-state index contributed by atoms with van der Waals surface area (Å²) in [6, 6.07) is 42.3. The molecule has 236 valence electrons. The molecule has 0 spiro atoms. The van der Waals surface area contributed by atoms with E-state index in [2.05, 4.69) is 57.0 Å². The Balaban J connectivity index is 0.878. The van der Waals surface area contributed by atoms with E-state index in [9.17, 15) is 9.59 Å². The van der Waals surface area contributed by atoms with Crippen LogP contribution in [0.4, 0.5) is 10.3 Å². The number of aromatic nitrogens is 2. The Morgan fingerprint density at radius 3 is 1.35 bits per heavy atom. The third-order valence-corrected chi connectivity index (χ3v) is 9.56. The third-order valence-electron chi connectivity index (χ3n) is 8.05. The number of carbonyl (C=O) groups excluding carboxylic acids is 2. The molecule has 6 aromatic carbocycles. The quantitative estimate of drug-likeness (QED) is 0.167. The molecule has 49 heavy (non-hydrogen) atoms. The van der Waals surface area contributed by atoms with E-state index in [4.69, 9.17) is 4.74 Å². The summed E-state index contributed by atoms with van der Waals surface area (Å²) in [4.78, 5) is 35.3. The number of rotatable bonds is 8. The highest BCUT2D eigenvalue weighted by atomic mass is 32.1. The van der Waals surface area contributed by atoms with Crippen LogP contribution in [-0.4, -0.2) is 21.8 Å². The van der Waals surface area contributed by atoms with E-state index in [1.165, 1.54) is 22.7 Å². The lowest BCUT2D eigenvalue weighted by molar-refractivity contribution is 0.101. The Hall–Kier alpha value is -6.16. The SMILES string of the molecule is O=C(Nc1nc(-c2cccc3ccccc23)cs1)c1ccc(Oc2ccc(C(=O)Nc3nc(-c4cccc5ccccc45)cs3)cc2)cc1. The Bertz CT molecular complexity index is 2290. The summed E-state index contributed by atoms with van der Waals surface area (Å²) in [5, 5.41) is 15.3. The van der Waals surface area contributed by atoms with Crippen molar-refractivity contribution in [2.45, 2.75) is 0 Å². The molecule has 2 N–H and O–H groups in total. The fraction of sp³-hybridized carbons (Fsp3) is 0. The van der Waals surface area contributed by atoms with Gasteiger partial charge < -0.3 is 4.74 Å². The summed E-state index contributed by atoms with van der Waals surface area (Å²) in [7, 11) is 0. The van der Waals surface area contributed by atoms with E-state index in [-0.39, 0.29) is 11.8 Å². The number of ether oxygens (including phenoxy) is 1. The first-order chi connectivity index (χ1) is 24.1. The second-order valence-electron chi connectivity index (χ2n) is 11.2. The summed E-state index contributed by atoms with van der Waals surface area (Å²) in [6.07, 6.45) is 0. The smallest absolute Gasteiger partial charge is 0.257 e. The third kappa shape index (κ3) is 6.40. The van der Waals surface area contributed by atoms with Crippen LogP contribution in [0.2, 0.25) is 0 Å². The number of hydrogen-bond donors (Lipinski definition) is 2. The molecule has 0 aliphatic heterocycles. The van der Waals surface area contributed by atoms with Crippen LogP contribution in [-0.2, 0) is 0 Å². The number of nitrogens with zero attached hydrogens (tertiary/aromatic N) is 2. The van der Waals surface area contributed by atoms with Gasteiger partial charge in [0, 0.05) is 33.0 Å². The lowest BCUT2D eigenvalue weighted by Crippen LogP contribution is -2.11. The summed E-state index contributed by atoms with van der Waals surface area (Å²) in [5.74, 6) is 0.602. The fourth-order valence-electron chi connectivity index (χ4n) is 5.63. The molecule has 0 unspecified atom stereocenters. The van der Waals surface area contributed by atoms with Gasteiger partial charge in [0.2, 0.25) is 0 Å². The van der Waals surface area contributed by atoms with E-state index in [0.717, 1.165) is 44.1 Å². The monoisotopic (exact) mass is 674 g/mol. The molecule has 2 amide bonds. The van der Waals surface area contributed by atoms with Crippen LogP contribution in [0.5, 0.6) is 11.5 Å². The maximum atomic E-state index is 13.0. The number of fused-ring (bicyclic) bond motifs is 2. The minimum Gasteiger partial charge on any atom is -0.457 e. The second kappa shape index (κ2) is 13.2. The zero-order valence-electron chi connectivity index (χ0n) is 25.8. The molecular weight excluding hydrogens is 649 g/mol. The van der Waals surface area contributed by atoms with E-state index < -0.39 is 0 Å². The Labute approximate surface area is 289 Å². The normalized spacial score (nSPS) is 11.0. The first-order valence-electron chi connectivity index (χ1n) is 15.5. The van der Waals surface area contributed by atoms with Crippen molar-refractivity contribution in [1.82, 2.24) is 9.97 Å². The lowest BCUT2D eigenvalue weighted by Gasteiger charge is -2.08. The van der Waals surface area contributed by atoms with Gasteiger partial charge in [0.15, 0.2) is 10.3 Å². The maximum Gasteiger partial charge on any atom is 0.257 e. The van der Waals surface area contributed by atoms with Crippen LogP contribution < -0.4 is 15.4 Å². The molecule has 8 aromatic rings. The first kappa shape index (κ1) is 30.2. The Morgan fingerprint density at radius 2 is 0.898 bits per heavy atom. The number of amides is 2. The molecule has 8 rings (SSSR count). The summed E-state index contributed by atoms with van der Waals surface area (Å²) in [5.41, 5.74) is 4.64. The van der Waals surface area contributed by atoms with Crippen LogP contribution in [0.25, 0.3) is 44.1 Å². The van der Waals surface area contributed by atoms with Gasteiger partial charge >= 0.3 is 0 Å². The standard InChI is InChI=1S/C40H26N4O3S2/c45-37(43-39-41-35(23-48-39)33-13-5-9-25-7-1-3-11-31(25)33)27-15-19-29(20-16-27)47-30-21-17-28(18-22-30)38(46)44-40-42-36(24-49-40)34-14-6-10-26-8-2-4-12-32(26)34/h1-24H,(H,41,43,45)(H,42,44,46). The molecule has 2 aromatic heterocycles. The number of thiazole rings is 2. The van der Waals surface area contributed by atoms with Crippen molar-refractivity contribution in [2.75, 3.05) is 10.6 Å². The molecule has 0 bridgehead atoms. The molecule has 0 radical (unpaired) electrons. The molecule has 0 saturated carbocycles. The van der Waals surface area contributed by atoms with Crippen molar-refractivity contribution < 1.29 is 14.3 Å². The average molecular weight is 675 g/mol. The number of nitrogens with one attached hydrogen (secondary N) is 2. The van der Waals surface area contributed by atoms with Crippen molar-refractivity contribution in [2.24, 2.45) is 0 Å². The molecule has 0 saturated heterocycles. The molecule has 0 fully saturated rings. The molecule has 0 atom stereocenters. The van der Waals surface area contributed by atoms with Gasteiger partial charge in [-0.05, 0) is 70.1 Å². The average Bonchev–Trinajstić information content (AvgIpc) is 3.81. The molecule has 0 aliphatic carbocycles. The van der Waals surface area contributed by atoms with Gasteiger partial charge in [0.25, 0.3) is 11.8 Å². The summed E-state index contributed by atoms with van der Waals surface area (Å²) >= 11 is 2.77. The molecule has 0 aliphatic rings. The van der Waals surface area contributed by atoms with Gasteiger partial charge in [-0.3, -0.25) is 20.2 Å². The van der Waals surface area contributed by atoms with E-state index >= 15 is 0 Å². The minimum absolute atomic E-state index is 0.259. The van der Waals surface area contributed by atoms with E-state index in [1.54, 1.807) is 48.5 Å². The van der Waals surface area contributed by atoms with Crippen LogP contribution >= 0.6 is 22.7 Å². The highest BCUT2D eigenvalue weighted by Gasteiger charge is 2.14. The number of anilines is 2. The predicted molar refractivity (Wildman–Crippen MR) is 199 cm³/mol. The van der Waals surface area contributed by atoms with Gasteiger partial charge in [-0.25, -0.2) is 9.97 Å². The molecule has 9 heteroatoms. The molecule has 7 nitrogen and oxygen atoms in total.